The summed E-state index contributed by atoms with van der Waals surface area (Å²) in [7, 11) is -3.62. The van der Waals surface area contributed by atoms with Crippen LogP contribution in [0, 0.1) is 13.8 Å². The van der Waals surface area contributed by atoms with Gasteiger partial charge in [0.2, 0.25) is 0 Å². The zero-order valence-electron chi connectivity index (χ0n) is 8.21. The van der Waals surface area contributed by atoms with Gasteiger partial charge in [0.25, 0.3) is 10.0 Å². The molecule has 2 aromatic rings. The normalized spacial score (nSPS) is 11.9. The second-order valence-electron chi connectivity index (χ2n) is 3.05. The van der Waals surface area contributed by atoms with Crippen LogP contribution in [0.2, 0.25) is 0 Å². The summed E-state index contributed by atoms with van der Waals surface area (Å²) in [6, 6.07) is 0. The maximum absolute atomic E-state index is 12.0. The summed E-state index contributed by atoms with van der Waals surface area (Å²) in [5.41, 5.74) is 0.348. The lowest BCUT2D eigenvalue weighted by atomic mass is 10.4. The topological polar surface area (TPSA) is 78.0 Å². The van der Waals surface area contributed by atoms with Gasteiger partial charge in [0.15, 0.2) is 10.7 Å². The van der Waals surface area contributed by atoms with E-state index in [1.54, 1.807) is 13.8 Å². The molecule has 0 amide bonds. The molecule has 7 heteroatoms. The van der Waals surface area contributed by atoms with E-state index in [9.17, 15) is 8.42 Å². The van der Waals surface area contributed by atoms with Gasteiger partial charge in [0.05, 0.1) is 0 Å². The monoisotopic (exact) mass is 227 g/mol. The number of imidazole rings is 1. The molecule has 2 heterocycles. The average Bonchev–Trinajstić information content (AvgIpc) is 2.75. The molecule has 0 atom stereocenters. The molecular weight excluding hydrogens is 218 g/mol. The predicted molar refractivity (Wildman–Crippen MR) is 50.8 cm³/mol. The van der Waals surface area contributed by atoms with Crippen molar-refractivity contribution in [1.29, 1.82) is 0 Å². The van der Waals surface area contributed by atoms with Crippen LogP contribution in [0.15, 0.2) is 28.1 Å². The van der Waals surface area contributed by atoms with Gasteiger partial charge in [-0.25, -0.2) is 17.4 Å². The van der Waals surface area contributed by atoms with Crippen LogP contribution in [0.3, 0.4) is 0 Å². The fraction of sp³-hybridized carbons (Fsp3) is 0.250. The fourth-order valence-corrected chi connectivity index (χ4v) is 2.75. The van der Waals surface area contributed by atoms with E-state index >= 15 is 0 Å². The van der Waals surface area contributed by atoms with Crippen molar-refractivity contribution in [3.8, 4) is 0 Å². The third kappa shape index (κ3) is 1.44. The first-order valence-corrected chi connectivity index (χ1v) is 5.64. The Hall–Kier alpha value is -1.63. The quantitative estimate of drug-likeness (QED) is 0.755. The summed E-state index contributed by atoms with van der Waals surface area (Å²) >= 11 is 0. The molecule has 0 saturated heterocycles. The fourth-order valence-electron chi connectivity index (χ4n) is 1.34. The van der Waals surface area contributed by atoms with Crippen molar-refractivity contribution in [2.45, 2.75) is 18.7 Å². The maximum Gasteiger partial charge on any atom is 0.274 e. The highest BCUT2D eigenvalue weighted by molar-refractivity contribution is 7.90. The van der Waals surface area contributed by atoms with E-state index in [1.165, 1.54) is 18.7 Å². The Morgan fingerprint density at radius 3 is 2.60 bits per heavy atom. The molecule has 0 spiro atoms. The maximum atomic E-state index is 12.0. The highest BCUT2D eigenvalue weighted by atomic mass is 32.2. The number of hydrogen-bond donors (Lipinski definition) is 0. The van der Waals surface area contributed by atoms with E-state index in [-0.39, 0.29) is 10.7 Å². The van der Waals surface area contributed by atoms with Gasteiger partial charge in [-0.15, -0.1) is 0 Å². The molecule has 0 saturated carbocycles. The molecule has 2 rings (SSSR count). The van der Waals surface area contributed by atoms with Crippen LogP contribution in [-0.2, 0) is 10.0 Å². The van der Waals surface area contributed by atoms with Crippen molar-refractivity contribution < 1.29 is 12.9 Å². The third-order valence-electron chi connectivity index (χ3n) is 1.98. The molecule has 80 valence electrons. The summed E-state index contributed by atoms with van der Waals surface area (Å²) in [5, 5.41) is 3.60. The molecule has 15 heavy (non-hydrogen) atoms. The van der Waals surface area contributed by atoms with Gasteiger partial charge in [-0.2, -0.15) is 0 Å². The van der Waals surface area contributed by atoms with E-state index in [4.69, 9.17) is 4.52 Å². The molecule has 2 aromatic heterocycles. The molecular formula is C8H9N3O3S. The average molecular weight is 227 g/mol. The summed E-state index contributed by atoms with van der Waals surface area (Å²) < 4.78 is 29.9. The summed E-state index contributed by atoms with van der Waals surface area (Å²) in [4.78, 5) is 3.79. The second-order valence-corrected chi connectivity index (χ2v) is 4.83. The molecule has 0 aromatic carbocycles. The number of hydrogen-bond acceptors (Lipinski definition) is 5. The Kier molecular flexibility index (Phi) is 2.11. The predicted octanol–water partition coefficient (Wildman–Crippen LogP) is 0.725. The smallest absolute Gasteiger partial charge is 0.274 e. The lowest BCUT2D eigenvalue weighted by molar-refractivity contribution is 0.390. The molecule has 0 N–H and O–H groups in total. The number of aromatic nitrogens is 3. The Labute approximate surface area is 86.6 Å². The SMILES string of the molecule is Cc1noc(C)c1S(=O)(=O)n1ccnc1. The zero-order chi connectivity index (χ0) is 11.1. The van der Waals surface area contributed by atoms with Gasteiger partial charge in [-0.1, -0.05) is 5.16 Å². The minimum atomic E-state index is -3.62. The van der Waals surface area contributed by atoms with Crippen LogP contribution in [-0.4, -0.2) is 22.5 Å². The van der Waals surface area contributed by atoms with Crippen molar-refractivity contribution in [3.63, 3.8) is 0 Å². The van der Waals surface area contributed by atoms with Gasteiger partial charge in [0.1, 0.15) is 12.0 Å². The first kappa shape index (κ1) is 9.91. The Balaban J connectivity index is 2.67. The molecule has 0 bridgehead atoms. The van der Waals surface area contributed by atoms with Crippen molar-refractivity contribution >= 4 is 10.0 Å². The first-order chi connectivity index (χ1) is 7.03. The van der Waals surface area contributed by atoms with Crippen LogP contribution < -0.4 is 0 Å². The number of rotatable bonds is 2. The van der Waals surface area contributed by atoms with Gasteiger partial charge in [-0.3, -0.25) is 0 Å². The Bertz CT molecular complexity index is 549. The number of nitrogens with zero attached hydrogens (tertiary/aromatic N) is 3. The van der Waals surface area contributed by atoms with E-state index in [0.29, 0.717) is 5.69 Å². The molecule has 0 aliphatic carbocycles. The van der Waals surface area contributed by atoms with E-state index in [2.05, 4.69) is 10.1 Å². The van der Waals surface area contributed by atoms with E-state index < -0.39 is 10.0 Å². The van der Waals surface area contributed by atoms with Crippen LogP contribution in [0.5, 0.6) is 0 Å². The van der Waals surface area contributed by atoms with Gasteiger partial charge in [-0.05, 0) is 13.8 Å². The van der Waals surface area contributed by atoms with Gasteiger partial charge in [0, 0.05) is 12.4 Å². The summed E-state index contributed by atoms with van der Waals surface area (Å²) in [5.74, 6) is 0.279. The molecule has 6 nitrogen and oxygen atoms in total. The van der Waals surface area contributed by atoms with Crippen molar-refractivity contribution in [1.82, 2.24) is 14.1 Å². The Morgan fingerprint density at radius 2 is 2.13 bits per heavy atom. The van der Waals surface area contributed by atoms with Crippen LogP contribution in [0.4, 0.5) is 0 Å². The third-order valence-corrected chi connectivity index (χ3v) is 3.85. The largest absolute Gasteiger partial charge is 0.360 e. The van der Waals surface area contributed by atoms with E-state index in [1.807, 2.05) is 0 Å². The lowest BCUT2D eigenvalue weighted by Gasteiger charge is -2.02. The molecule has 0 unspecified atom stereocenters. The minimum absolute atomic E-state index is 0.0977. The van der Waals surface area contributed by atoms with Crippen molar-refractivity contribution in [2.24, 2.45) is 0 Å². The lowest BCUT2D eigenvalue weighted by Crippen LogP contribution is -2.12. The first-order valence-electron chi connectivity index (χ1n) is 4.20. The van der Waals surface area contributed by atoms with Crippen LogP contribution in [0.25, 0.3) is 0 Å². The second kappa shape index (κ2) is 3.20. The van der Waals surface area contributed by atoms with Crippen molar-refractivity contribution in [2.75, 3.05) is 0 Å². The van der Waals surface area contributed by atoms with Gasteiger partial charge < -0.3 is 4.52 Å². The zero-order valence-corrected chi connectivity index (χ0v) is 9.02. The summed E-state index contributed by atoms with van der Waals surface area (Å²) in [6.45, 7) is 3.14. The van der Waals surface area contributed by atoms with E-state index in [0.717, 1.165) is 3.97 Å². The van der Waals surface area contributed by atoms with Crippen LogP contribution in [0.1, 0.15) is 11.5 Å². The molecule has 0 fully saturated rings. The van der Waals surface area contributed by atoms with Gasteiger partial charge >= 0.3 is 0 Å². The van der Waals surface area contributed by atoms with Crippen molar-refractivity contribution in [3.05, 3.63) is 30.2 Å². The molecule has 0 aliphatic rings. The van der Waals surface area contributed by atoms with Crippen LogP contribution >= 0.6 is 0 Å². The molecule has 0 radical (unpaired) electrons. The standard InChI is InChI=1S/C8H9N3O3S/c1-6-8(7(2)14-10-6)15(12,13)11-4-3-9-5-11/h3-5H,1-2H3. The molecule has 0 aliphatic heterocycles. The highest BCUT2D eigenvalue weighted by Gasteiger charge is 2.25. The number of aryl methyl sites for hydroxylation is 2. The minimum Gasteiger partial charge on any atom is -0.360 e. The Morgan fingerprint density at radius 1 is 1.40 bits per heavy atom. The summed E-state index contributed by atoms with van der Waals surface area (Å²) in [6.07, 6.45) is 3.98. The highest BCUT2D eigenvalue weighted by Crippen LogP contribution is 2.21.